The normalized spacial score (nSPS) is 19.3. The van der Waals surface area contributed by atoms with Gasteiger partial charge in [0.15, 0.2) is 0 Å². The molecule has 1 N–H and O–H groups in total. The minimum Gasteiger partial charge on any atom is -0.372 e. The van der Waals surface area contributed by atoms with Gasteiger partial charge in [0.2, 0.25) is 0 Å². The van der Waals surface area contributed by atoms with Gasteiger partial charge in [-0.15, -0.1) is 0 Å². The lowest BCUT2D eigenvalue weighted by Gasteiger charge is -2.40. The lowest BCUT2D eigenvalue weighted by atomic mass is 9.91. The number of carbonyl (C=O) groups is 1. The van der Waals surface area contributed by atoms with Gasteiger partial charge < -0.3 is 10.1 Å². The maximum Gasteiger partial charge on any atom is 0.148 e. The first-order chi connectivity index (χ1) is 13.8. The lowest BCUT2D eigenvalue weighted by Crippen LogP contribution is -2.47. The van der Waals surface area contributed by atoms with Gasteiger partial charge in [-0.1, -0.05) is 60.7 Å². The van der Waals surface area contributed by atoms with Gasteiger partial charge in [0, 0.05) is 43.0 Å². The first-order valence-electron chi connectivity index (χ1n) is 9.64. The highest BCUT2D eigenvalue weighted by Gasteiger charge is 2.30. The summed E-state index contributed by atoms with van der Waals surface area (Å²) in [4.78, 5) is 18.7. The zero-order valence-corrected chi connectivity index (χ0v) is 15.5. The van der Waals surface area contributed by atoms with Gasteiger partial charge in [0.25, 0.3) is 0 Å². The second-order valence-corrected chi connectivity index (χ2v) is 7.46. The maximum atomic E-state index is 11.7. The Labute approximate surface area is 164 Å². The van der Waals surface area contributed by atoms with E-state index in [-0.39, 0.29) is 6.04 Å². The third-order valence-electron chi connectivity index (χ3n) is 5.56. The first-order valence-corrected chi connectivity index (χ1v) is 9.64. The first kappa shape index (κ1) is 17.0. The number of fused-ring (bicyclic) bond motifs is 1. The highest BCUT2D eigenvalue weighted by molar-refractivity contribution is 5.68. The van der Waals surface area contributed by atoms with Crippen LogP contribution in [0.15, 0.2) is 72.6 Å². The van der Waals surface area contributed by atoms with E-state index >= 15 is 0 Å². The van der Waals surface area contributed by atoms with Gasteiger partial charge in [-0.25, -0.2) is 4.98 Å². The van der Waals surface area contributed by atoms with Crippen molar-refractivity contribution in [2.45, 2.75) is 12.0 Å². The van der Waals surface area contributed by atoms with Gasteiger partial charge in [-0.2, -0.15) is 0 Å². The van der Waals surface area contributed by atoms with Crippen LogP contribution < -0.4 is 5.32 Å². The molecule has 0 radical (unpaired) electrons. The molecular formula is C23H22N4O. The Morgan fingerprint density at radius 3 is 2.46 bits per heavy atom. The topological polar surface area (TPSA) is 50.2 Å². The molecule has 1 atom stereocenters. The van der Waals surface area contributed by atoms with Gasteiger partial charge in [-0.05, 0) is 5.56 Å². The lowest BCUT2D eigenvalue weighted by molar-refractivity contribution is -0.109. The van der Waals surface area contributed by atoms with Crippen LogP contribution in [0.3, 0.4) is 0 Å². The Balaban J connectivity index is 1.36. The summed E-state index contributed by atoms with van der Waals surface area (Å²) < 4.78 is 2.05. The smallest absolute Gasteiger partial charge is 0.148 e. The highest BCUT2D eigenvalue weighted by atomic mass is 16.1. The summed E-state index contributed by atoms with van der Waals surface area (Å²) >= 11 is 0. The van der Waals surface area contributed by atoms with E-state index in [1.54, 1.807) is 6.20 Å². The Morgan fingerprint density at radius 1 is 1.04 bits per heavy atom. The summed E-state index contributed by atoms with van der Waals surface area (Å²) in [6, 6.07) is 20.4. The fraction of sp³-hybridized carbons (Fsp3) is 0.217. The largest absolute Gasteiger partial charge is 0.372 e. The fourth-order valence-corrected chi connectivity index (χ4v) is 4.07. The number of benzene rings is 2. The molecule has 1 fully saturated rings. The van der Waals surface area contributed by atoms with E-state index in [1.807, 2.05) is 30.3 Å². The number of aromatic nitrogens is 2. The Hall–Kier alpha value is -3.18. The second-order valence-electron chi connectivity index (χ2n) is 7.46. The minimum atomic E-state index is -0.365. The molecule has 5 nitrogen and oxygen atoms in total. The molecule has 2 aliphatic rings. The van der Waals surface area contributed by atoms with Crippen molar-refractivity contribution >= 4 is 12.5 Å². The summed E-state index contributed by atoms with van der Waals surface area (Å²) in [5.74, 6) is 1.46. The number of likely N-dealkylation sites (tertiary alicyclic amines) is 1. The third-order valence-corrected chi connectivity index (χ3v) is 5.56. The van der Waals surface area contributed by atoms with Gasteiger partial charge in [0.05, 0.1) is 11.9 Å². The predicted octanol–water partition coefficient (Wildman–Crippen LogP) is 3.29. The maximum absolute atomic E-state index is 11.7. The van der Waals surface area contributed by atoms with Crippen LogP contribution >= 0.6 is 0 Å². The van der Waals surface area contributed by atoms with Crippen LogP contribution in [0.25, 0.3) is 17.6 Å². The van der Waals surface area contributed by atoms with Gasteiger partial charge in [0.1, 0.15) is 18.2 Å². The average Bonchev–Trinajstić information content (AvgIpc) is 3.15. The zero-order chi connectivity index (χ0) is 18.9. The van der Waals surface area contributed by atoms with Crippen LogP contribution in [0.4, 0.5) is 0 Å². The molecule has 3 aromatic rings. The van der Waals surface area contributed by atoms with Crippen molar-refractivity contribution in [3.05, 3.63) is 83.8 Å². The number of carbonyl (C=O) groups excluding carboxylic acids is 1. The van der Waals surface area contributed by atoms with Crippen molar-refractivity contribution < 1.29 is 4.79 Å². The molecule has 140 valence electrons. The number of hydrogen-bond donors (Lipinski definition) is 1. The summed E-state index contributed by atoms with van der Waals surface area (Å²) in [5.41, 5.74) is 4.37. The summed E-state index contributed by atoms with van der Waals surface area (Å²) in [6.07, 6.45) is 4.83. The summed E-state index contributed by atoms with van der Waals surface area (Å²) in [7, 11) is 0. The third kappa shape index (κ3) is 3.04. The number of hydrogen-bond acceptors (Lipinski definition) is 4. The zero-order valence-electron chi connectivity index (χ0n) is 15.5. The van der Waals surface area contributed by atoms with Crippen molar-refractivity contribution in [1.82, 2.24) is 19.8 Å². The van der Waals surface area contributed by atoms with E-state index in [1.165, 1.54) is 5.56 Å². The number of nitrogens with zero attached hydrogens (tertiary/aromatic N) is 3. The molecule has 5 heteroatoms. The van der Waals surface area contributed by atoms with Crippen LogP contribution in [0.5, 0.6) is 0 Å². The van der Waals surface area contributed by atoms with E-state index < -0.39 is 0 Å². The predicted molar refractivity (Wildman–Crippen MR) is 109 cm³/mol. The monoisotopic (exact) mass is 370 g/mol. The molecule has 1 saturated heterocycles. The van der Waals surface area contributed by atoms with E-state index in [2.05, 4.69) is 56.3 Å². The number of aldehydes is 1. The van der Waals surface area contributed by atoms with Crippen LogP contribution in [0.2, 0.25) is 0 Å². The number of nitrogens with one attached hydrogen (secondary N) is 1. The van der Waals surface area contributed by atoms with Crippen molar-refractivity contribution in [3.8, 4) is 11.4 Å². The van der Waals surface area contributed by atoms with Crippen molar-refractivity contribution in [2.75, 3.05) is 19.6 Å². The molecule has 28 heavy (non-hydrogen) atoms. The molecule has 1 aromatic heterocycles. The van der Waals surface area contributed by atoms with E-state index in [9.17, 15) is 4.79 Å². The molecule has 2 aromatic carbocycles. The number of rotatable bonds is 5. The Kier molecular flexibility index (Phi) is 4.29. The van der Waals surface area contributed by atoms with E-state index in [0.29, 0.717) is 5.92 Å². The van der Waals surface area contributed by atoms with Gasteiger partial charge in [-0.3, -0.25) is 9.47 Å². The van der Waals surface area contributed by atoms with Crippen LogP contribution in [0.1, 0.15) is 23.2 Å². The van der Waals surface area contributed by atoms with E-state index in [4.69, 9.17) is 0 Å². The molecule has 2 aliphatic heterocycles. The Morgan fingerprint density at radius 2 is 1.75 bits per heavy atom. The van der Waals surface area contributed by atoms with Gasteiger partial charge >= 0.3 is 0 Å². The van der Waals surface area contributed by atoms with Crippen LogP contribution in [0, 0.1) is 0 Å². The van der Waals surface area contributed by atoms with E-state index in [0.717, 1.165) is 48.7 Å². The van der Waals surface area contributed by atoms with Crippen LogP contribution in [-0.2, 0) is 4.79 Å². The summed E-state index contributed by atoms with van der Waals surface area (Å²) in [5, 5.41) is 3.37. The summed E-state index contributed by atoms with van der Waals surface area (Å²) in [6.45, 7) is 2.88. The van der Waals surface area contributed by atoms with Crippen molar-refractivity contribution in [3.63, 3.8) is 0 Å². The molecule has 0 amide bonds. The average molecular weight is 370 g/mol. The van der Waals surface area contributed by atoms with Crippen LogP contribution in [-0.4, -0.2) is 40.4 Å². The Bertz CT molecular complexity index is 1000. The van der Waals surface area contributed by atoms with Crippen molar-refractivity contribution in [1.29, 1.82) is 0 Å². The molecule has 0 aliphatic carbocycles. The SMILES string of the molecule is O=CC1NC(CN2CC(c3ccccc3)C2)=Cn2c1cnc2-c1ccccc1. The number of imidazole rings is 1. The van der Waals surface area contributed by atoms with Crippen molar-refractivity contribution in [2.24, 2.45) is 0 Å². The minimum absolute atomic E-state index is 0.365. The second kappa shape index (κ2) is 7.09. The fourth-order valence-electron chi connectivity index (χ4n) is 4.07. The molecule has 3 heterocycles. The molecule has 5 rings (SSSR count). The highest BCUT2D eigenvalue weighted by Crippen LogP contribution is 2.30. The molecule has 0 saturated carbocycles. The molecule has 0 spiro atoms. The molecule has 1 unspecified atom stereocenters. The molecular weight excluding hydrogens is 348 g/mol. The standard InChI is InChI=1S/C23H22N4O/c28-16-21-22-11-24-23(18-9-5-2-6-10-18)27(22)15-20(25-21)14-26-12-19(13-26)17-7-3-1-4-8-17/h1-11,15-16,19,21,25H,12-14H2. The quantitative estimate of drug-likeness (QED) is 0.700. The molecule has 0 bridgehead atoms.